The minimum absolute atomic E-state index is 0.101. The van der Waals surface area contributed by atoms with E-state index in [1.165, 1.54) is 14.0 Å². The first-order chi connectivity index (χ1) is 7.30. The van der Waals surface area contributed by atoms with Crippen molar-refractivity contribution in [2.45, 2.75) is 27.2 Å². The minimum atomic E-state index is -0.377. The van der Waals surface area contributed by atoms with Gasteiger partial charge in [0.1, 0.15) is 5.76 Å². The van der Waals surface area contributed by atoms with Gasteiger partial charge in [0.2, 0.25) is 0 Å². The second-order valence-electron chi connectivity index (χ2n) is 4.77. The van der Waals surface area contributed by atoms with Crippen molar-refractivity contribution < 1.29 is 19.1 Å². The van der Waals surface area contributed by atoms with Gasteiger partial charge in [-0.1, -0.05) is 20.4 Å². The molecule has 1 rings (SSSR count). The summed E-state index contributed by atoms with van der Waals surface area (Å²) in [5.74, 6) is -0.141. The Balaban J connectivity index is 2.54. The fraction of sp³-hybridized carbons (Fsp3) is 0.667. The molecule has 0 N–H and O–H groups in total. The summed E-state index contributed by atoms with van der Waals surface area (Å²) in [5.41, 5.74) is -0.101. The number of esters is 2. The normalized spacial score (nSPS) is 25.8. The zero-order valence-corrected chi connectivity index (χ0v) is 10.2. The van der Waals surface area contributed by atoms with Crippen molar-refractivity contribution in [3.8, 4) is 0 Å². The molecule has 1 aliphatic carbocycles. The molecule has 0 radical (unpaired) electrons. The summed E-state index contributed by atoms with van der Waals surface area (Å²) in [6.07, 6.45) is 0.520. The van der Waals surface area contributed by atoms with Gasteiger partial charge in [-0.25, -0.2) is 0 Å². The van der Waals surface area contributed by atoms with Crippen LogP contribution in [0, 0.1) is 17.3 Å². The number of carbonyl (C=O) groups excluding carboxylic acids is 2. The number of rotatable bonds is 4. The standard InChI is InChI=1S/C12H18O4/c1-7(16-8(2)13)6-9-10(11(14)15-5)12(9,3)4/h9-10H,1,6H2,2-5H3/t9-,10-/m0/s1. The third kappa shape index (κ3) is 2.43. The molecular weight excluding hydrogens is 208 g/mol. The van der Waals surface area contributed by atoms with Crippen LogP contribution in [0.15, 0.2) is 12.3 Å². The molecule has 0 bridgehead atoms. The van der Waals surface area contributed by atoms with Crippen LogP contribution in [0.3, 0.4) is 0 Å². The van der Waals surface area contributed by atoms with Gasteiger partial charge >= 0.3 is 11.9 Å². The van der Waals surface area contributed by atoms with Gasteiger partial charge in [0, 0.05) is 13.3 Å². The van der Waals surface area contributed by atoms with Crippen LogP contribution in [0.5, 0.6) is 0 Å². The molecule has 0 aliphatic heterocycles. The first-order valence-electron chi connectivity index (χ1n) is 5.24. The van der Waals surface area contributed by atoms with Gasteiger partial charge in [-0.3, -0.25) is 9.59 Å². The minimum Gasteiger partial charge on any atom is -0.469 e. The van der Waals surface area contributed by atoms with Crippen molar-refractivity contribution in [2.24, 2.45) is 17.3 Å². The average molecular weight is 226 g/mol. The van der Waals surface area contributed by atoms with E-state index in [1.54, 1.807) is 0 Å². The van der Waals surface area contributed by atoms with E-state index < -0.39 is 0 Å². The van der Waals surface area contributed by atoms with E-state index in [0.29, 0.717) is 12.2 Å². The van der Waals surface area contributed by atoms with E-state index in [1.807, 2.05) is 13.8 Å². The van der Waals surface area contributed by atoms with E-state index in [2.05, 4.69) is 6.58 Å². The van der Waals surface area contributed by atoms with Crippen LogP contribution in [0.25, 0.3) is 0 Å². The van der Waals surface area contributed by atoms with Gasteiger partial charge in [0.05, 0.1) is 13.0 Å². The quantitative estimate of drug-likeness (QED) is 0.542. The molecule has 0 saturated heterocycles. The third-order valence-electron chi connectivity index (χ3n) is 3.24. The molecule has 0 heterocycles. The molecular formula is C12H18O4. The van der Waals surface area contributed by atoms with E-state index >= 15 is 0 Å². The third-order valence-corrected chi connectivity index (χ3v) is 3.24. The summed E-state index contributed by atoms with van der Waals surface area (Å²) in [7, 11) is 1.38. The molecule has 0 unspecified atom stereocenters. The maximum Gasteiger partial charge on any atom is 0.309 e. The van der Waals surface area contributed by atoms with Gasteiger partial charge in [-0.2, -0.15) is 0 Å². The molecule has 2 atom stereocenters. The van der Waals surface area contributed by atoms with E-state index in [4.69, 9.17) is 9.47 Å². The predicted molar refractivity (Wildman–Crippen MR) is 58.3 cm³/mol. The van der Waals surface area contributed by atoms with Gasteiger partial charge < -0.3 is 9.47 Å². The first kappa shape index (κ1) is 12.7. The molecule has 0 aromatic heterocycles. The van der Waals surface area contributed by atoms with Gasteiger partial charge in [0.15, 0.2) is 0 Å². The van der Waals surface area contributed by atoms with E-state index in [0.717, 1.165) is 0 Å². The Morgan fingerprint density at radius 3 is 2.38 bits per heavy atom. The summed E-state index contributed by atoms with van der Waals surface area (Å²) < 4.78 is 9.60. The zero-order valence-electron chi connectivity index (χ0n) is 10.2. The maximum atomic E-state index is 11.4. The van der Waals surface area contributed by atoms with Gasteiger partial charge in [-0.15, -0.1) is 0 Å². The Kier molecular flexibility index (Phi) is 3.41. The van der Waals surface area contributed by atoms with Crippen LogP contribution in [-0.4, -0.2) is 19.0 Å². The lowest BCUT2D eigenvalue weighted by Crippen LogP contribution is -2.07. The maximum absolute atomic E-state index is 11.4. The molecule has 1 saturated carbocycles. The highest BCUT2D eigenvalue weighted by Gasteiger charge is 2.62. The van der Waals surface area contributed by atoms with E-state index in [9.17, 15) is 9.59 Å². The van der Waals surface area contributed by atoms with Crippen molar-refractivity contribution >= 4 is 11.9 Å². The Morgan fingerprint density at radius 2 is 1.94 bits per heavy atom. The molecule has 4 nitrogen and oxygen atoms in total. The summed E-state index contributed by atoms with van der Waals surface area (Å²) in [5, 5.41) is 0. The lowest BCUT2D eigenvalue weighted by atomic mass is 10.1. The lowest BCUT2D eigenvalue weighted by Gasteiger charge is -2.05. The number of hydrogen-bond acceptors (Lipinski definition) is 4. The van der Waals surface area contributed by atoms with Crippen molar-refractivity contribution in [1.82, 2.24) is 0 Å². The largest absolute Gasteiger partial charge is 0.469 e. The van der Waals surface area contributed by atoms with Crippen LogP contribution < -0.4 is 0 Å². The highest BCUT2D eigenvalue weighted by molar-refractivity contribution is 5.77. The number of allylic oxidation sites excluding steroid dienone is 1. The van der Waals surface area contributed by atoms with Crippen LogP contribution in [0.4, 0.5) is 0 Å². The zero-order chi connectivity index (χ0) is 12.5. The molecule has 0 aromatic rings. The van der Waals surface area contributed by atoms with Crippen molar-refractivity contribution in [3.05, 3.63) is 12.3 Å². The Labute approximate surface area is 95.6 Å². The number of hydrogen-bond donors (Lipinski definition) is 0. The highest BCUT2D eigenvalue weighted by atomic mass is 16.5. The van der Waals surface area contributed by atoms with E-state index in [-0.39, 0.29) is 29.2 Å². The van der Waals surface area contributed by atoms with Crippen molar-refractivity contribution in [3.63, 3.8) is 0 Å². The van der Waals surface area contributed by atoms with Crippen molar-refractivity contribution in [1.29, 1.82) is 0 Å². The Hall–Kier alpha value is -1.32. The van der Waals surface area contributed by atoms with Crippen molar-refractivity contribution in [2.75, 3.05) is 7.11 Å². The summed E-state index contributed by atoms with van der Waals surface area (Å²) in [4.78, 5) is 22.2. The lowest BCUT2D eigenvalue weighted by molar-refractivity contribution is -0.143. The molecule has 90 valence electrons. The Morgan fingerprint density at radius 1 is 1.38 bits per heavy atom. The fourth-order valence-electron chi connectivity index (χ4n) is 2.21. The number of ether oxygens (including phenoxy) is 2. The van der Waals surface area contributed by atoms with Crippen LogP contribution >= 0.6 is 0 Å². The number of methoxy groups -OCH3 is 1. The molecule has 1 fully saturated rings. The monoisotopic (exact) mass is 226 g/mol. The van der Waals surface area contributed by atoms with Gasteiger partial charge in [-0.05, 0) is 11.3 Å². The summed E-state index contributed by atoms with van der Waals surface area (Å²) in [6, 6.07) is 0. The second-order valence-corrected chi connectivity index (χ2v) is 4.77. The fourth-order valence-corrected chi connectivity index (χ4v) is 2.21. The van der Waals surface area contributed by atoms with Crippen LogP contribution in [-0.2, 0) is 19.1 Å². The Bertz CT molecular complexity index is 330. The summed E-state index contributed by atoms with van der Waals surface area (Å²) >= 11 is 0. The predicted octanol–water partition coefficient (Wildman–Crippen LogP) is 1.90. The molecule has 16 heavy (non-hydrogen) atoms. The second kappa shape index (κ2) is 4.28. The number of carbonyl (C=O) groups is 2. The van der Waals surface area contributed by atoms with Crippen LogP contribution in [0.2, 0.25) is 0 Å². The molecule has 0 amide bonds. The van der Waals surface area contributed by atoms with Gasteiger partial charge in [0.25, 0.3) is 0 Å². The average Bonchev–Trinajstić information content (AvgIpc) is 2.65. The molecule has 4 heteroatoms. The topological polar surface area (TPSA) is 52.6 Å². The highest BCUT2D eigenvalue weighted by Crippen LogP contribution is 2.61. The van der Waals surface area contributed by atoms with Crippen LogP contribution in [0.1, 0.15) is 27.2 Å². The smallest absolute Gasteiger partial charge is 0.309 e. The summed E-state index contributed by atoms with van der Waals surface area (Å²) in [6.45, 7) is 9.00. The molecule has 1 aliphatic rings. The molecule has 0 spiro atoms. The molecule has 0 aromatic carbocycles. The SMILES string of the molecule is C=C(C[C@H]1[C@@H](C(=O)OC)C1(C)C)OC(C)=O. The first-order valence-corrected chi connectivity index (χ1v) is 5.24.